The molecule has 2 amide bonds. The second-order valence-corrected chi connectivity index (χ2v) is 6.39. The maximum Gasteiger partial charge on any atom is 0.410 e. The molecule has 0 aromatic carbocycles. The van der Waals surface area contributed by atoms with Crippen molar-refractivity contribution in [3.63, 3.8) is 0 Å². The lowest BCUT2D eigenvalue weighted by atomic mass is 9.96. The maximum absolute atomic E-state index is 11.9. The minimum atomic E-state index is -0.470. The van der Waals surface area contributed by atoms with E-state index in [-0.39, 0.29) is 18.5 Å². The van der Waals surface area contributed by atoms with Crippen LogP contribution in [0.2, 0.25) is 0 Å². The fraction of sp³-hybridized carbons (Fsp3) is 0.857. The van der Waals surface area contributed by atoms with Crippen LogP contribution >= 0.6 is 0 Å². The number of rotatable bonds is 3. The minimum Gasteiger partial charge on any atom is -0.444 e. The van der Waals surface area contributed by atoms with Gasteiger partial charge in [-0.2, -0.15) is 0 Å². The smallest absolute Gasteiger partial charge is 0.410 e. The number of carbonyl (C=O) groups excluding carboxylic acids is 2. The normalized spacial score (nSPS) is 16.9. The first kappa shape index (κ1) is 16.8. The highest BCUT2D eigenvalue weighted by atomic mass is 16.6. The highest BCUT2D eigenvalue weighted by Crippen LogP contribution is 2.19. The fourth-order valence-corrected chi connectivity index (χ4v) is 2.30. The molecule has 0 aromatic heterocycles. The number of carbonyl (C=O) groups is 2. The van der Waals surface area contributed by atoms with Gasteiger partial charge >= 0.3 is 6.09 Å². The van der Waals surface area contributed by atoms with Crippen molar-refractivity contribution in [1.29, 1.82) is 0 Å². The number of likely N-dealkylation sites (tertiary alicyclic amines) is 1. The van der Waals surface area contributed by atoms with E-state index >= 15 is 0 Å². The van der Waals surface area contributed by atoms with Crippen LogP contribution in [0.5, 0.6) is 0 Å². The van der Waals surface area contributed by atoms with E-state index in [0.29, 0.717) is 12.5 Å². The number of hydrogen-bond acceptors (Lipinski definition) is 4. The van der Waals surface area contributed by atoms with E-state index in [1.165, 1.54) is 0 Å². The van der Waals surface area contributed by atoms with E-state index in [4.69, 9.17) is 10.5 Å². The first-order valence-corrected chi connectivity index (χ1v) is 7.15. The van der Waals surface area contributed by atoms with Crippen molar-refractivity contribution in [2.45, 2.75) is 39.2 Å². The van der Waals surface area contributed by atoms with Gasteiger partial charge in [0, 0.05) is 26.7 Å². The Morgan fingerprint density at radius 1 is 1.30 bits per heavy atom. The van der Waals surface area contributed by atoms with Gasteiger partial charge in [0.2, 0.25) is 5.91 Å². The third kappa shape index (κ3) is 5.36. The minimum absolute atomic E-state index is 0.00365. The summed E-state index contributed by atoms with van der Waals surface area (Å²) in [6.07, 6.45) is 1.51. The predicted molar refractivity (Wildman–Crippen MR) is 77.2 cm³/mol. The summed E-state index contributed by atoms with van der Waals surface area (Å²) >= 11 is 0. The van der Waals surface area contributed by atoms with E-state index in [1.54, 1.807) is 16.8 Å². The predicted octanol–water partition coefficient (Wildman–Crippen LogP) is 1.05. The molecule has 116 valence electrons. The van der Waals surface area contributed by atoms with Crippen molar-refractivity contribution in [1.82, 2.24) is 9.80 Å². The van der Waals surface area contributed by atoms with Crippen LogP contribution in [0, 0.1) is 5.92 Å². The summed E-state index contributed by atoms with van der Waals surface area (Å²) in [7, 11) is 1.76. The Kier molecular flexibility index (Phi) is 5.80. The molecule has 0 aromatic rings. The number of hydrogen-bond donors (Lipinski definition) is 1. The Labute approximate surface area is 121 Å². The van der Waals surface area contributed by atoms with Crippen molar-refractivity contribution < 1.29 is 14.3 Å². The summed E-state index contributed by atoms with van der Waals surface area (Å²) in [4.78, 5) is 26.8. The molecule has 0 unspecified atom stereocenters. The zero-order chi connectivity index (χ0) is 15.3. The Morgan fingerprint density at radius 3 is 2.30 bits per heavy atom. The van der Waals surface area contributed by atoms with E-state index < -0.39 is 5.60 Å². The van der Waals surface area contributed by atoms with Crippen LogP contribution in [0.4, 0.5) is 4.79 Å². The molecule has 1 fully saturated rings. The molecule has 0 bridgehead atoms. The molecule has 1 heterocycles. The lowest BCUT2D eigenvalue weighted by Crippen LogP contribution is -2.44. The molecule has 0 aliphatic carbocycles. The lowest BCUT2D eigenvalue weighted by molar-refractivity contribution is -0.131. The molecule has 6 heteroatoms. The van der Waals surface area contributed by atoms with E-state index in [9.17, 15) is 9.59 Å². The van der Waals surface area contributed by atoms with Crippen molar-refractivity contribution in [3.05, 3.63) is 0 Å². The second-order valence-electron chi connectivity index (χ2n) is 6.39. The third-order valence-corrected chi connectivity index (χ3v) is 3.38. The molecule has 0 radical (unpaired) electrons. The largest absolute Gasteiger partial charge is 0.444 e. The van der Waals surface area contributed by atoms with Crippen LogP contribution in [0.15, 0.2) is 0 Å². The summed E-state index contributed by atoms with van der Waals surface area (Å²) in [6, 6.07) is 0. The topological polar surface area (TPSA) is 75.9 Å². The van der Waals surface area contributed by atoms with Gasteiger partial charge in [-0.1, -0.05) is 0 Å². The second kappa shape index (κ2) is 6.92. The van der Waals surface area contributed by atoms with Crippen molar-refractivity contribution in [2.24, 2.45) is 11.7 Å². The first-order chi connectivity index (χ1) is 9.23. The standard InChI is InChI=1S/C14H27N3O3/c1-14(2,3)20-13(19)16(4)10-11-5-7-17(8-6-11)12(18)9-15/h11H,5-10,15H2,1-4H3. The number of piperidine rings is 1. The first-order valence-electron chi connectivity index (χ1n) is 7.15. The molecule has 0 saturated carbocycles. The molecular formula is C14H27N3O3. The lowest BCUT2D eigenvalue weighted by Gasteiger charge is -2.34. The van der Waals surface area contributed by atoms with Gasteiger partial charge in [-0.25, -0.2) is 4.79 Å². The highest BCUT2D eigenvalue weighted by molar-refractivity contribution is 5.78. The van der Waals surface area contributed by atoms with Crippen LogP contribution in [0.3, 0.4) is 0 Å². The zero-order valence-corrected chi connectivity index (χ0v) is 13.0. The van der Waals surface area contributed by atoms with Crippen molar-refractivity contribution in [3.8, 4) is 0 Å². The Bertz CT molecular complexity index is 344. The molecule has 1 saturated heterocycles. The number of ether oxygens (including phenoxy) is 1. The van der Waals surface area contributed by atoms with Gasteiger partial charge in [0.1, 0.15) is 5.60 Å². The maximum atomic E-state index is 11.9. The Morgan fingerprint density at radius 2 is 1.85 bits per heavy atom. The van der Waals surface area contributed by atoms with Gasteiger partial charge < -0.3 is 20.3 Å². The quantitative estimate of drug-likeness (QED) is 0.841. The number of nitrogens with two attached hydrogens (primary N) is 1. The molecule has 20 heavy (non-hydrogen) atoms. The summed E-state index contributed by atoms with van der Waals surface area (Å²) in [6.45, 7) is 7.76. The molecule has 0 atom stereocenters. The molecule has 1 rings (SSSR count). The van der Waals surface area contributed by atoms with E-state index in [0.717, 1.165) is 25.9 Å². The van der Waals surface area contributed by atoms with E-state index in [1.807, 2.05) is 20.8 Å². The van der Waals surface area contributed by atoms with Crippen molar-refractivity contribution >= 4 is 12.0 Å². The average molecular weight is 285 g/mol. The number of amides is 2. The summed E-state index contributed by atoms with van der Waals surface area (Å²) in [5.41, 5.74) is 4.89. The van der Waals surface area contributed by atoms with Crippen LogP contribution in [-0.2, 0) is 9.53 Å². The van der Waals surface area contributed by atoms with Gasteiger partial charge in [-0.05, 0) is 39.5 Å². The SMILES string of the molecule is CN(CC1CCN(C(=O)CN)CC1)C(=O)OC(C)(C)C. The molecule has 6 nitrogen and oxygen atoms in total. The summed E-state index contributed by atoms with van der Waals surface area (Å²) in [5.74, 6) is 0.415. The molecule has 1 aliphatic heterocycles. The zero-order valence-electron chi connectivity index (χ0n) is 13.0. The highest BCUT2D eigenvalue weighted by Gasteiger charge is 2.26. The molecule has 1 aliphatic rings. The van der Waals surface area contributed by atoms with Gasteiger partial charge in [0.15, 0.2) is 0 Å². The summed E-state index contributed by atoms with van der Waals surface area (Å²) in [5, 5.41) is 0. The summed E-state index contributed by atoms with van der Waals surface area (Å²) < 4.78 is 5.32. The van der Waals surface area contributed by atoms with Gasteiger partial charge in [-0.15, -0.1) is 0 Å². The van der Waals surface area contributed by atoms with Gasteiger partial charge in [0.05, 0.1) is 6.54 Å². The van der Waals surface area contributed by atoms with Crippen LogP contribution in [-0.4, -0.2) is 60.6 Å². The van der Waals surface area contributed by atoms with Crippen LogP contribution < -0.4 is 5.73 Å². The van der Waals surface area contributed by atoms with Gasteiger partial charge in [-0.3, -0.25) is 4.79 Å². The monoisotopic (exact) mass is 285 g/mol. The molecule has 2 N–H and O–H groups in total. The van der Waals surface area contributed by atoms with Gasteiger partial charge in [0.25, 0.3) is 0 Å². The van der Waals surface area contributed by atoms with E-state index in [2.05, 4.69) is 0 Å². The molecule has 0 spiro atoms. The average Bonchev–Trinajstić information content (AvgIpc) is 2.36. The van der Waals surface area contributed by atoms with Crippen LogP contribution in [0.1, 0.15) is 33.6 Å². The molecular weight excluding hydrogens is 258 g/mol. The van der Waals surface area contributed by atoms with Crippen molar-refractivity contribution in [2.75, 3.05) is 33.2 Å². The fourth-order valence-electron chi connectivity index (χ4n) is 2.30. The third-order valence-electron chi connectivity index (χ3n) is 3.38. The number of nitrogens with zero attached hydrogens (tertiary/aromatic N) is 2. The van der Waals surface area contributed by atoms with Crippen LogP contribution in [0.25, 0.3) is 0 Å². The Hall–Kier alpha value is -1.30. The Balaban J connectivity index is 2.36.